The lowest BCUT2D eigenvalue weighted by molar-refractivity contribution is 0.101. The Labute approximate surface area is 134 Å². The highest BCUT2D eigenvalue weighted by atomic mass is 16.5. The zero-order valence-electron chi connectivity index (χ0n) is 13.2. The molecule has 6 nitrogen and oxygen atoms in total. The summed E-state index contributed by atoms with van der Waals surface area (Å²) in [6.07, 6.45) is 1.58. The minimum Gasteiger partial charge on any atom is -0.491 e. The topological polar surface area (TPSA) is 75.6 Å². The van der Waals surface area contributed by atoms with Crippen LogP contribution >= 0.6 is 0 Å². The zero-order valence-corrected chi connectivity index (χ0v) is 13.2. The van der Waals surface area contributed by atoms with E-state index >= 15 is 0 Å². The molecule has 0 saturated heterocycles. The fraction of sp³-hybridized carbons (Fsp3) is 0.353. The number of aryl methyl sites for hydroxylation is 1. The molecule has 2 aromatic rings. The molecule has 1 aliphatic heterocycles. The van der Waals surface area contributed by atoms with E-state index in [4.69, 9.17) is 4.74 Å². The Morgan fingerprint density at radius 1 is 1.43 bits per heavy atom. The summed E-state index contributed by atoms with van der Waals surface area (Å²) in [6.45, 7) is 5.11. The van der Waals surface area contributed by atoms with E-state index in [1.165, 1.54) is 6.92 Å². The van der Waals surface area contributed by atoms with Crippen LogP contribution in [-0.2, 0) is 13.2 Å². The SMILES string of the molecule is CC(=O)c1cnc(N2CCOc3ccc(CO)cc3C2)nc1C. The number of carbonyl (C=O) groups excluding carboxylic acids is 1. The molecular weight excluding hydrogens is 294 g/mol. The van der Waals surface area contributed by atoms with E-state index in [-0.39, 0.29) is 12.4 Å². The number of aliphatic hydroxyl groups is 1. The Kier molecular flexibility index (Phi) is 4.25. The Hall–Kier alpha value is -2.47. The molecule has 1 aromatic carbocycles. The van der Waals surface area contributed by atoms with Gasteiger partial charge in [-0.15, -0.1) is 0 Å². The van der Waals surface area contributed by atoms with Gasteiger partial charge in [-0.05, 0) is 31.5 Å². The average molecular weight is 313 g/mol. The summed E-state index contributed by atoms with van der Waals surface area (Å²) in [5.74, 6) is 1.37. The number of rotatable bonds is 3. The fourth-order valence-electron chi connectivity index (χ4n) is 2.67. The molecule has 0 amide bonds. The molecule has 2 heterocycles. The number of ether oxygens (including phenoxy) is 1. The molecule has 1 aromatic heterocycles. The summed E-state index contributed by atoms with van der Waals surface area (Å²) in [6, 6.07) is 5.68. The summed E-state index contributed by atoms with van der Waals surface area (Å²) < 4.78 is 5.76. The van der Waals surface area contributed by atoms with Crippen LogP contribution in [0, 0.1) is 6.92 Å². The minimum atomic E-state index is -0.0359. The number of Topliss-reactive ketones (excluding diaryl/α,β-unsaturated/α-hetero) is 1. The predicted octanol–water partition coefficient (Wildman–Crippen LogP) is 1.88. The second-order valence-electron chi connectivity index (χ2n) is 5.60. The van der Waals surface area contributed by atoms with Gasteiger partial charge >= 0.3 is 0 Å². The molecule has 0 unspecified atom stereocenters. The van der Waals surface area contributed by atoms with Gasteiger partial charge in [0.25, 0.3) is 0 Å². The van der Waals surface area contributed by atoms with Crippen molar-refractivity contribution >= 4 is 11.7 Å². The van der Waals surface area contributed by atoms with Crippen molar-refractivity contribution in [3.8, 4) is 5.75 Å². The minimum absolute atomic E-state index is 0.00377. The third kappa shape index (κ3) is 3.17. The second kappa shape index (κ2) is 6.34. The van der Waals surface area contributed by atoms with Crippen LogP contribution in [-0.4, -0.2) is 34.0 Å². The number of anilines is 1. The van der Waals surface area contributed by atoms with Crippen LogP contribution in [0.5, 0.6) is 5.75 Å². The molecular formula is C17H19N3O3. The zero-order chi connectivity index (χ0) is 16.4. The summed E-state index contributed by atoms with van der Waals surface area (Å²) in [7, 11) is 0. The second-order valence-corrected chi connectivity index (χ2v) is 5.60. The number of hydrogen-bond donors (Lipinski definition) is 1. The standard InChI is InChI=1S/C17H19N3O3/c1-11-15(12(2)22)8-18-17(19-11)20-5-6-23-16-4-3-13(10-21)7-14(16)9-20/h3-4,7-8,21H,5-6,9-10H2,1-2H3. The quantitative estimate of drug-likeness (QED) is 0.872. The van der Waals surface area contributed by atoms with E-state index in [9.17, 15) is 9.90 Å². The van der Waals surface area contributed by atoms with Gasteiger partial charge in [0, 0.05) is 18.3 Å². The Morgan fingerprint density at radius 3 is 2.96 bits per heavy atom. The maximum absolute atomic E-state index is 11.5. The predicted molar refractivity (Wildman–Crippen MR) is 85.7 cm³/mol. The van der Waals surface area contributed by atoms with Crippen molar-refractivity contribution in [3.05, 3.63) is 46.8 Å². The van der Waals surface area contributed by atoms with Crippen molar-refractivity contribution in [1.82, 2.24) is 9.97 Å². The molecule has 0 fully saturated rings. The molecule has 6 heteroatoms. The number of benzene rings is 1. The van der Waals surface area contributed by atoms with E-state index in [0.717, 1.165) is 16.9 Å². The van der Waals surface area contributed by atoms with Crippen molar-refractivity contribution in [2.24, 2.45) is 0 Å². The van der Waals surface area contributed by atoms with Crippen LogP contribution in [0.25, 0.3) is 0 Å². The Bertz CT molecular complexity index is 746. The summed E-state index contributed by atoms with van der Waals surface area (Å²) in [5.41, 5.74) is 3.06. The van der Waals surface area contributed by atoms with Crippen molar-refractivity contribution in [2.45, 2.75) is 27.0 Å². The smallest absolute Gasteiger partial charge is 0.225 e. The first-order chi connectivity index (χ1) is 11.1. The van der Waals surface area contributed by atoms with Crippen molar-refractivity contribution in [1.29, 1.82) is 0 Å². The molecule has 0 aliphatic carbocycles. The normalized spacial score (nSPS) is 14.0. The number of aromatic nitrogens is 2. The molecule has 1 N–H and O–H groups in total. The lowest BCUT2D eigenvalue weighted by atomic mass is 10.1. The molecule has 0 saturated carbocycles. The molecule has 0 spiro atoms. The van der Waals surface area contributed by atoms with Gasteiger partial charge in [-0.2, -0.15) is 0 Å². The van der Waals surface area contributed by atoms with Crippen LogP contribution in [0.2, 0.25) is 0 Å². The summed E-state index contributed by atoms with van der Waals surface area (Å²) in [5, 5.41) is 9.30. The maximum atomic E-state index is 11.5. The highest BCUT2D eigenvalue weighted by Gasteiger charge is 2.19. The van der Waals surface area contributed by atoms with Gasteiger partial charge < -0.3 is 14.7 Å². The van der Waals surface area contributed by atoms with E-state index in [2.05, 4.69) is 9.97 Å². The van der Waals surface area contributed by atoms with Crippen LogP contribution in [0.4, 0.5) is 5.95 Å². The molecule has 0 radical (unpaired) electrons. The van der Waals surface area contributed by atoms with Crippen LogP contribution in [0.1, 0.15) is 34.1 Å². The third-order valence-electron chi connectivity index (χ3n) is 3.92. The van der Waals surface area contributed by atoms with Gasteiger partial charge in [-0.25, -0.2) is 9.97 Å². The van der Waals surface area contributed by atoms with Gasteiger partial charge in [-0.1, -0.05) is 6.07 Å². The monoisotopic (exact) mass is 313 g/mol. The van der Waals surface area contributed by atoms with Gasteiger partial charge in [0.15, 0.2) is 5.78 Å². The first-order valence-corrected chi connectivity index (χ1v) is 7.53. The first kappa shape index (κ1) is 15.4. The van der Waals surface area contributed by atoms with Crippen molar-refractivity contribution in [2.75, 3.05) is 18.1 Å². The fourth-order valence-corrected chi connectivity index (χ4v) is 2.67. The molecule has 0 atom stereocenters. The van der Waals surface area contributed by atoms with Gasteiger partial charge in [0.2, 0.25) is 5.95 Å². The number of carbonyl (C=O) groups is 1. The van der Waals surface area contributed by atoms with Crippen LogP contribution in [0.15, 0.2) is 24.4 Å². The van der Waals surface area contributed by atoms with Gasteiger partial charge in [-0.3, -0.25) is 4.79 Å². The van der Waals surface area contributed by atoms with E-state index in [1.54, 1.807) is 6.20 Å². The van der Waals surface area contributed by atoms with E-state index in [1.807, 2.05) is 30.0 Å². The van der Waals surface area contributed by atoms with Crippen LogP contribution in [0.3, 0.4) is 0 Å². The lowest BCUT2D eigenvalue weighted by Crippen LogP contribution is -2.27. The number of hydrogen-bond acceptors (Lipinski definition) is 6. The number of fused-ring (bicyclic) bond motifs is 1. The van der Waals surface area contributed by atoms with Crippen LogP contribution < -0.4 is 9.64 Å². The molecule has 23 heavy (non-hydrogen) atoms. The highest BCUT2D eigenvalue weighted by Crippen LogP contribution is 2.26. The van der Waals surface area contributed by atoms with Gasteiger partial charge in [0.1, 0.15) is 12.4 Å². The maximum Gasteiger partial charge on any atom is 0.225 e. The molecule has 1 aliphatic rings. The third-order valence-corrected chi connectivity index (χ3v) is 3.92. The number of nitrogens with zero attached hydrogens (tertiary/aromatic N) is 3. The first-order valence-electron chi connectivity index (χ1n) is 7.53. The molecule has 0 bridgehead atoms. The Balaban J connectivity index is 1.91. The lowest BCUT2D eigenvalue weighted by Gasteiger charge is -2.20. The Morgan fingerprint density at radius 2 is 2.26 bits per heavy atom. The average Bonchev–Trinajstić information content (AvgIpc) is 2.75. The summed E-state index contributed by atoms with van der Waals surface area (Å²) >= 11 is 0. The van der Waals surface area contributed by atoms with Crippen molar-refractivity contribution in [3.63, 3.8) is 0 Å². The van der Waals surface area contributed by atoms with E-state index in [0.29, 0.717) is 36.9 Å². The summed E-state index contributed by atoms with van der Waals surface area (Å²) in [4.78, 5) is 22.3. The van der Waals surface area contributed by atoms with Crippen molar-refractivity contribution < 1.29 is 14.6 Å². The molecule has 3 rings (SSSR count). The number of ketones is 1. The highest BCUT2D eigenvalue weighted by molar-refractivity contribution is 5.94. The number of aliphatic hydroxyl groups excluding tert-OH is 1. The van der Waals surface area contributed by atoms with E-state index < -0.39 is 0 Å². The largest absolute Gasteiger partial charge is 0.491 e. The van der Waals surface area contributed by atoms with Gasteiger partial charge in [0.05, 0.1) is 24.4 Å². The molecule has 120 valence electrons.